The number of benzene rings is 2. The van der Waals surface area contributed by atoms with Crippen LogP contribution in [0.2, 0.25) is 10.0 Å². The van der Waals surface area contributed by atoms with E-state index < -0.39 is 0 Å². The Hall–Kier alpha value is -1.84. The molecule has 0 radical (unpaired) electrons. The first kappa shape index (κ1) is 12.2. The highest BCUT2D eigenvalue weighted by atomic mass is 35.5. The molecule has 19 heavy (non-hydrogen) atoms. The number of H-pyrrole nitrogens is 1. The van der Waals surface area contributed by atoms with Gasteiger partial charge in [-0.25, -0.2) is 0 Å². The van der Waals surface area contributed by atoms with E-state index >= 15 is 0 Å². The molecule has 3 rings (SSSR count). The lowest BCUT2D eigenvalue weighted by Gasteiger charge is -2.02. The van der Waals surface area contributed by atoms with Gasteiger partial charge >= 0.3 is 0 Å². The molecule has 0 bridgehead atoms. The first-order chi connectivity index (χ1) is 9.24. The molecule has 0 saturated heterocycles. The number of nitrogens with zero attached hydrogens (tertiary/aromatic N) is 2. The van der Waals surface area contributed by atoms with Crippen LogP contribution < -0.4 is 0 Å². The Balaban J connectivity index is 2.15. The standard InChI is InChI=1S/C14H9Cl2N3/c15-11-6-10(7-12(16)8-11)14-13(17-19-18-14)9-4-2-1-3-5-9/h1-8H,(H,17,18,19). The predicted molar refractivity (Wildman–Crippen MR) is 77.3 cm³/mol. The molecule has 1 heterocycles. The molecule has 94 valence electrons. The van der Waals surface area contributed by atoms with Crippen LogP contribution >= 0.6 is 23.2 Å². The SMILES string of the molecule is Clc1cc(Cl)cc(-c2n[nH]nc2-c2ccccc2)c1. The molecular formula is C14H9Cl2N3. The fraction of sp³-hybridized carbons (Fsp3) is 0. The van der Waals surface area contributed by atoms with E-state index in [9.17, 15) is 0 Å². The second kappa shape index (κ2) is 5.03. The smallest absolute Gasteiger partial charge is 0.120 e. The average Bonchev–Trinajstić information content (AvgIpc) is 2.88. The van der Waals surface area contributed by atoms with Gasteiger partial charge in [0.15, 0.2) is 0 Å². The molecule has 5 heteroatoms. The third kappa shape index (κ3) is 2.48. The minimum atomic E-state index is 0.574. The maximum Gasteiger partial charge on any atom is 0.120 e. The number of rotatable bonds is 2. The van der Waals surface area contributed by atoms with Gasteiger partial charge in [0.25, 0.3) is 0 Å². The Labute approximate surface area is 120 Å². The molecule has 0 aliphatic carbocycles. The molecule has 0 aliphatic heterocycles. The van der Waals surface area contributed by atoms with Crippen molar-refractivity contribution in [2.75, 3.05) is 0 Å². The van der Waals surface area contributed by atoms with Gasteiger partial charge in [-0.2, -0.15) is 15.4 Å². The van der Waals surface area contributed by atoms with Crippen LogP contribution in [0.15, 0.2) is 48.5 Å². The summed E-state index contributed by atoms with van der Waals surface area (Å²) in [4.78, 5) is 0. The van der Waals surface area contributed by atoms with Crippen molar-refractivity contribution < 1.29 is 0 Å². The zero-order valence-corrected chi connectivity index (χ0v) is 11.3. The van der Waals surface area contributed by atoms with Crippen LogP contribution in [0.5, 0.6) is 0 Å². The Morgan fingerprint density at radius 1 is 0.737 bits per heavy atom. The number of hydrogen-bond acceptors (Lipinski definition) is 2. The topological polar surface area (TPSA) is 41.6 Å². The van der Waals surface area contributed by atoms with Gasteiger partial charge in [-0.15, -0.1) is 0 Å². The van der Waals surface area contributed by atoms with Crippen LogP contribution in [0, 0.1) is 0 Å². The average molecular weight is 290 g/mol. The van der Waals surface area contributed by atoms with Gasteiger partial charge in [0.2, 0.25) is 0 Å². The molecule has 0 saturated carbocycles. The fourth-order valence-electron chi connectivity index (χ4n) is 1.92. The molecule has 0 aliphatic rings. The summed E-state index contributed by atoms with van der Waals surface area (Å²) in [5, 5.41) is 12.2. The molecular weight excluding hydrogens is 281 g/mol. The first-order valence-electron chi connectivity index (χ1n) is 5.67. The molecule has 0 amide bonds. The Kier molecular flexibility index (Phi) is 3.23. The fourth-order valence-corrected chi connectivity index (χ4v) is 2.45. The van der Waals surface area contributed by atoms with E-state index in [2.05, 4.69) is 15.4 Å². The van der Waals surface area contributed by atoms with Gasteiger partial charge in [-0.05, 0) is 18.2 Å². The minimum absolute atomic E-state index is 0.574. The number of halogens is 2. The van der Waals surface area contributed by atoms with Crippen LogP contribution in [0.4, 0.5) is 0 Å². The van der Waals surface area contributed by atoms with Gasteiger partial charge in [0.05, 0.1) is 0 Å². The largest absolute Gasteiger partial charge is 0.197 e. The van der Waals surface area contributed by atoms with E-state index in [4.69, 9.17) is 23.2 Å². The van der Waals surface area contributed by atoms with Crippen LogP contribution in [0.25, 0.3) is 22.5 Å². The molecule has 0 atom stereocenters. The molecule has 0 fully saturated rings. The molecule has 1 N–H and O–H groups in total. The van der Waals surface area contributed by atoms with Crippen molar-refractivity contribution in [1.29, 1.82) is 0 Å². The maximum absolute atomic E-state index is 6.02. The summed E-state index contributed by atoms with van der Waals surface area (Å²) in [5.74, 6) is 0. The van der Waals surface area contributed by atoms with E-state index in [-0.39, 0.29) is 0 Å². The van der Waals surface area contributed by atoms with Gasteiger partial charge in [0, 0.05) is 21.2 Å². The number of aromatic nitrogens is 3. The van der Waals surface area contributed by atoms with Crippen molar-refractivity contribution in [3.63, 3.8) is 0 Å². The highest BCUT2D eigenvalue weighted by Crippen LogP contribution is 2.31. The summed E-state index contributed by atoms with van der Waals surface area (Å²) in [6, 6.07) is 15.2. The monoisotopic (exact) mass is 289 g/mol. The van der Waals surface area contributed by atoms with Crippen LogP contribution in [0.3, 0.4) is 0 Å². The lowest BCUT2D eigenvalue weighted by atomic mass is 10.1. The normalized spacial score (nSPS) is 10.6. The van der Waals surface area contributed by atoms with Crippen molar-refractivity contribution >= 4 is 23.2 Å². The maximum atomic E-state index is 6.02. The number of hydrogen-bond donors (Lipinski definition) is 1. The summed E-state index contributed by atoms with van der Waals surface area (Å²) in [6.45, 7) is 0. The zero-order valence-electron chi connectivity index (χ0n) is 9.77. The third-order valence-corrected chi connectivity index (χ3v) is 3.17. The summed E-state index contributed by atoms with van der Waals surface area (Å²) in [5.41, 5.74) is 3.34. The molecule has 3 nitrogen and oxygen atoms in total. The Morgan fingerprint density at radius 3 is 1.95 bits per heavy atom. The molecule has 3 aromatic rings. The Morgan fingerprint density at radius 2 is 1.32 bits per heavy atom. The van der Waals surface area contributed by atoms with Crippen molar-refractivity contribution in [1.82, 2.24) is 15.4 Å². The van der Waals surface area contributed by atoms with Crippen LogP contribution in [0.1, 0.15) is 0 Å². The quantitative estimate of drug-likeness (QED) is 0.757. The van der Waals surface area contributed by atoms with Gasteiger partial charge in [-0.3, -0.25) is 0 Å². The lowest BCUT2D eigenvalue weighted by molar-refractivity contribution is 0.944. The van der Waals surface area contributed by atoms with Crippen molar-refractivity contribution in [2.45, 2.75) is 0 Å². The third-order valence-electron chi connectivity index (χ3n) is 2.73. The van der Waals surface area contributed by atoms with E-state index in [1.54, 1.807) is 6.07 Å². The second-order valence-corrected chi connectivity index (χ2v) is 4.92. The van der Waals surface area contributed by atoms with E-state index in [0.29, 0.717) is 10.0 Å². The molecule has 0 spiro atoms. The number of aromatic amines is 1. The van der Waals surface area contributed by atoms with Crippen LogP contribution in [-0.4, -0.2) is 15.4 Å². The summed E-state index contributed by atoms with van der Waals surface area (Å²) in [7, 11) is 0. The molecule has 0 unspecified atom stereocenters. The highest BCUT2D eigenvalue weighted by Gasteiger charge is 2.13. The zero-order chi connectivity index (χ0) is 13.2. The van der Waals surface area contributed by atoms with Gasteiger partial charge < -0.3 is 0 Å². The Bertz CT molecular complexity index is 687. The molecule has 1 aromatic heterocycles. The second-order valence-electron chi connectivity index (χ2n) is 4.04. The summed E-state index contributed by atoms with van der Waals surface area (Å²) >= 11 is 12.0. The van der Waals surface area contributed by atoms with Gasteiger partial charge in [0.1, 0.15) is 11.4 Å². The van der Waals surface area contributed by atoms with Gasteiger partial charge in [-0.1, -0.05) is 53.5 Å². The molecule has 2 aromatic carbocycles. The van der Waals surface area contributed by atoms with Crippen LogP contribution in [-0.2, 0) is 0 Å². The predicted octanol–water partition coefficient (Wildman–Crippen LogP) is 4.45. The van der Waals surface area contributed by atoms with E-state index in [1.165, 1.54) is 0 Å². The number of nitrogens with one attached hydrogen (secondary N) is 1. The van der Waals surface area contributed by atoms with Crippen molar-refractivity contribution in [3.8, 4) is 22.5 Å². The van der Waals surface area contributed by atoms with Crippen molar-refractivity contribution in [2.24, 2.45) is 0 Å². The highest BCUT2D eigenvalue weighted by molar-refractivity contribution is 6.35. The van der Waals surface area contributed by atoms with E-state index in [1.807, 2.05) is 42.5 Å². The van der Waals surface area contributed by atoms with E-state index in [0.717, 1.165) is 22.5 Å². The lowest BCUT2D eigenvalue weighted by Crippen LogP contribution is -1.84. The minimum Gasteiger partial charge on any atom is -0.197 e. The van der Waals surface area contributed by atoms with Crippen molar-refractivity contribution in [3.05, 3.63) is 58.6 Å². The summed E-state index contributed by atoms with van der Waals surface area (Å²) < 4.78 is 0. The first-order valence-corrected chi connectivity index (χ1v) is 6.42. The summed E-state index contributed by atoms with van der Waals surface area (Å²) in [6.07, 6.45) is 0.